The summed E-state index contributed by atoms with van der Waals surface area (Å²) >= 11 is 1.75. The number of hydrogen-bond acceptors (Lipinski definition) is 4. The summed E-state index contributed by atoms with van der Waals surface area (Å²) in [6.45, 7) is 8.92. The van der Waals surface area contributed by atoms with Gasteiger partial charge in [-0.1, -0.05) is 13.8 Å². The van der Waals surface area contributed by atoms with Crippen molar-refractivity contribution in [3.8, 4) is 0 Å². The van der Waals surface area contributed by atoms with Crippen LogP contribution < -0.4 is 5.56 Å². The average Bonchev–Trinajstić information content (AvgIpc) is 3.31. The van der Waals surface area contributed by atoms with Crippen LogP contribution in [0.5, 0.6) is 0 Å². The topological polar surface area (TPSA) is 49.0 Å². The molecule has 0 amide bonds. The van der Waals surface area contributed by atoms with Crippen LogP contribution in [0.1, 0.15) is 68.8 Å². The number of nitrogens with one attached hydrogen (secondary N) is 1. The normalized spacial score (nSPS) is 21.7. The van der Waals surface area contributed by atoms with Gasteiger partial charge in [0.15, 0.2) is 0 Å². The lowest BCUT2D eigenvalue weighted by Crippen LogP contribution is -2.32. The van der Waals surface area contributed by atoms with Gasteiger partial charge in [0.05, 0.1) is 11.4 Å². The highest BCUT2D eigenvalue weighted by Gasteiger charge is 2.29. The van der Waals surface area contributed by atoms with Gasteiger partial charge in [0, 0.05) is 11.4 Å². The lowest BCUT2D eigenvalue weighted by Gasteiger charge is -2.28. The molecule has 0 saturated heterocycles. The van der Waals surface area contributed by atoms with Crippen molar-refractivity contribution in [1.82, 2.24) is 14.9 Å². The summed E-state index contributed by atoms with van der Waals surface area (Å²) in [5.41, 5.74) is 1.34. The van der Waals surface area contributed by atoms with Crippen molar-refractivity contribution in [3.05, 3.63) is 26.6 Å². The Labute approximate surface area is 153 Å². The van der Waals surface area contributed by atoms with Crippen LogP contribution in [0.4, 0.5) is 0 Å². The van der Waals surface area contributed by atoms with Crippen molar-refractivity contribution in [3.63, 3.8) is 0 Å². The van der Waals surface area contributed by atoms with Gasteiger partial charge in [-0.05, 0) is 69.4 Å². The maximum atomic E-state index is 12.8. The van der Waals surface area contributed by atoms with Gasteiger partial charge in [-0.15, -0.1) is 11.3 Å². The van der Waals surface area contributed by atoms with E-state index in [0.29, 0.717) is 0 Å². The molecule has 2 atom stereocenters. The number of thiophene rings is 1. The molecule has 2 heterocycles. The van der Waals surface area contributed by atoms with E-state index in [1.165, 1.54) is 29.7 Å². The molecule has 2 aromatic rings. The van der Waals surface area contributed by atoms with Gasteiger partial charge in [0.1, 0.15) is 10.7 Å². The lowest BCUT2D eigenvalue weighted by molar-refractivity contribution is 0.195. The summed E-state index contributed by atoms with van der Waals surface area (Å²) in [7, 11) is 0. The molecule has 25 heavy (non-hydrogen) atoms. The first-order valence-electron chi connectivity index (χ1n) is 9.85. The highest BCUT2D eigenvalue weighted by molar-refractivity contribution is 7.18. The molecular weight excluding hydrogens is 330 g/mol. The molecule has 5 heteroatoms. The second-order valence-electron chi connectivity index (χ2n) is 8.10. The Bertz CT molecular complexity index is 820. The fourth-order valence-corrected chi connectivity index (χ4v) is 5.49. The first-order chi connectivity index (χ1) is 12.1. The smallest absolute Gasteiger partial charge is 0.259 e. The van der Waals surface area contributed by atoms with Gasteiger partial charge in [0.25, 0.3) is 5.56 Å². The van der Waals surface area contributed by atoms with E-state index < -0.39 is 0 Å². The second kappa shape index (κ2) is 6.84. The van der Waals surface area contributed by atoms with Gasteiger partial charge >= 0.3 is 0 Å². The van der Waals surface area contributed by atoms with Gasteiger partial charge in [0.2, 0.25) is 0 Å². The molecule has 0 bridgehead atoms. The molecular formula is C20H29N3OS. The Kier molecular flexibility index (Phi) is 4.71. The van der Waals surface area contributed by atoms with Gasteiger partial charge in [-0.2, -0.15) is 0 Å². The summed E-state index contributed by atoms with van der Waals surface area (Å²) in [4.78, 5) is 25.7. The van der Waals surface area contributed by atoms with Crippen LogP contribution in [0, 0.1) is 11.8 Å². The fourth-order valence-electron chi connectivity index (χ4n) is 4.10. The Hall–Kier alpha value is -1.20. The molecule has 2 aliphatic rings. The van der Waals surface area contributed by atoms with E-state index in [-0.39, 0.29) is 11.6 Å². The Balaban J connectivity index is 1.69. The minimum absolute atomic E-state index is 0.0711. The number of fused-ring (bicyclic) bond motifs is 3. The molecule has 4 rings (SSSR count). The third-order valence-corrected chi connectivity index (χ3v) is 6.98. The van der Waals surface area contributed by atoms with E-state index in [1.807, 2.05) is 0 Å². The Morgan fingerprint density at radius 3 is 2.88 bits per heavy atom. The van der Waals surface area contributed by atoms with Gasteiger partial charge in [-0.3, -0.25) is 9.69 Å². The number of aromatic amines is 1. The molecule has 2 unspecified atom stereocenters. The SMILES string of the molecule is CCCN(CC1CC1)C(C)c1nc2sc3c(c2c(=O)[nH]1)CCC(C)C3. The van der Waals surface area contributed by atoms with Gasteiger partial charge in [-0.25, -0.2) is 4.98 Å². The van der Waals surface area contributed by atoms with Crippen LogP contribution in [0.2, 0.25) is 0 Å². The van der Waals surface area contributed by atoms with E-state index in [2.05, 4.69) is 30.7 Å². The Morgan fingerprint density at radius 2 is 2.16 bits per heavy atom. The van der Waals surface area contributed by atoms with E-state index >= 15 is 0 Å². The maximum Gasteiger partial charge on any atom is 0.259 e. The van der Waals surface area contributed by atoms with Crippen LogP contribution >= 0.6 is 11.3 Å². The molecule has 0 radical (unpaired) electrons. The summed E-state index contributed by atoms with van der Waals surface area (Å²) < 4.78 is 0. The van der Waals surface area contributed by atoms with Crippen LogP contribution in [0.3, 0.4) is 0 Å². The zero-order valence-corrected chi connectivity index (χ0v) is 16.4. The van der Waals surface area contributed by atoms with Crippen LogP contribution in [-0.2, 0) is 12.8 Å². The summed E-state index contributed by atoms with van der Waals surface area (Å²) in [6, 6.07) is 0.177. The molecule has 0 aliphatic heterocycles. The molecule has 136 valence electrons. The van der Waals surface area contributed by atoms with E-state index in [4.69, 9.17) is 4.98 Å². The van der Waals surface area contributed by atoms with Crippen molar-refractivity contribution in [2.24, 2.45) is 11.8 Å². The molecule has 1 fully saturated rings. The molecule has 1 N–H and O–H groups in total. The lowest BCUT2D eigenvalue weighted by atomic mass is 9.89. The third kappa shape index (κ3) is 3.41. The zero-order chi connectivity index (χ0) is 17.6. The molecule has 1 saturated carbocycles. The van der Waals surface area contributed by atoms with Crippen LogP contribution in [0.15, 0.2) is 4.79 Å². The maximum absolute atomic E-state index is 12.8. The number of rotatable bonds is 6. The quantitative estimate of drug-likeness (QED) is 0.837. The predicted molar refractivity (Wildman–Crippen MR) is 104 cm³/mol. The molecule has 2 aliphatic carbocycles. The highest BCUT2D eigenvalue weighted by atomic mass is 32.1. The number of nitrogens with zero attached hydrogens (tertiary/aromatic N) is 2. The third-order valence-electron chi connectivity index (χ3n) is 5.83. The number of aryl methyl sites for hydroxylation is 1. The number of hydrogen-bond donors (Lipinski definition) is 1. The minimum Gasteiger partial charge on any atom is -0.309 e. The first-order valence-corrected chi connectivity index (χ1v) is 10.7. The van der Waals surface area contributed by atoms with Crippen molar-refractivity contribution < 1.29 is 0 Å². The van der Waals surface area contributed by atoms with E-state index in [1.54, 1.807) is 11.3 Å². The average molecular weight is 360 g/mol. The predicted octanol–water partition coefficient (Wildman–Crippen LogP) is 4.29. The standard InChI is InChI=1S/C20H29N3OS/c1-4-9-23(11-14-6-7-14)13(3)18-21-19(24)17-15-8-5-12(2)10-16(15)25-20(17)22-18/h12-14H,4-11H2,1-3H3,(H,21,22,24). The largest absolute Gasteiger partial charge is 0.309 e. The number of H-pyrrole nitrogens is 1. The van der Waals surface area contributed by atoms with E-state index in [0.717, 1.165) is 60.2 Å². The second-order valence-corrected chi connectivity index (χ2v) is 9.18. The van der Waals surface area contributed by atoms with Crippen molar-refractivity contribution in [2.45, 2.75) is 65.3 Å². The van der Waals surface area contributed by atoms with Crippen molar-refractivity contribution >= 4 is 21.6 Å². The summed E-state index contributed by atoms with van der Waals surface area (Å²) in [5, 5.41) is 0.868. The minimum atomic E-state index is 0.0711. The monoisotopic (exact) mass is 359 g/mol. The Morgan fingerprint density at radius 1 is 1.36 bits per heavy atom. The fraction of sp³-hybridized carbons (Fsp3) is 0.700. The molecule has 0 aromatic carbocycles. The first kappa shape index (κ1) is 17.2. The molecule has 4 nitrogen and oxygen atoms in total. The van der Waals surface area contributed by atoms with Crippen molar-refractivity contribution in [1.29, 1.82) is 0 Å². The van der Waals surface area contributed by atoms with Crippen LogP contribution in [-0.4, -0.2) is 28.0 Å². The summed E-state index contributed by atoms with van der Waals surface area (Å²) in [5.74, 6) is 2.41. The van der Waals surface area contributed by atoms with Crippen LogP contribution in [0.25, 0.3) is 10.2 Å². The number of aromatic nitrogens is 2. The van der Waals surface area contributed by atoms with E-state index in [9.17, 15) is 4.79 Å². The zero-order valence-electron chi connectivity index (χ0n) is 15.6. The highest BCUT2D eigenvalue weighted by Crippen LogP contribution is 2.36. The van der Waals surface area contributed by atoms with Gasteiger partial charge < -0.3 is 4.98 Å². The summed E-state index contributed by atoms with van der Waals surface area (Å²) in [6.07, 6.45) is 7.15. The molecule has 0 spiro atoms. The van der Waals surface area contributed by atoms with Crippen molar-refractivity contribution in [2.75, 3.05) is 13.1 Å². The molecule has 2 aromatic heterocycles.